The quantitative estimate of drug-likeness (QED) is 0.859. The minimum Gasteiger partial charge on any atom is -0.371 e. The Morgan fingerprint density at radius 3 is 2.96 bits per heavy atom. The number of amides is 1. The molecule has 2 aromatic heterocycles. The molecule has 2 aromatic rings. The molecule has 1 amide bonds. The minimum absolute atomic E-state index is 0.00312. The summed E-state index contributed by atoms with van der Waals surface area (Å²) < 4.78 is 5.95. The number of rotatable bonds is 5. The SMILES string of the molecule is CC(C)Cc1sc(Cl)nc1C(=O)Nc1nnc([C@H]2CCCO2)s1. The van der Waals surface area contributed by atoms with Gasteiger partial charge in [0.15, 0.2) is 4.47 Å². The van der Waals surface area contributed by atoms with Crippen molar-refractivity contribution in [3.8, 4) is 0 Å². The maximum Gasteiger partial charge on any atom is 0.277 e. The van der Waals surface area contributed by atoms with E-state index in [9.17, 15) is 4.79 Å². The Balaban J connectivity index is 1.71. The third kappa shape index (κ3) is 4.06. The van der Waals surface area contributed by atoms with Crippen LogP contribution in [-0.2, 0) is 11.2 Å². The van der Waals surface area contributed by atoms with Crippen molar-refractivity contribution in [2.45, 2.75) is 39.2 Å². The van der Waals surface area contributed by atoms with Crippen molar-refractivity contribution in [1.29, 1.82) is 0 Å². The molecule has 124 valence electrons. The highest BCUT2D eigenvalue weighted by Gasteiger charge is 2.24. The lowest BCUT2D eigenvalue weighted by molar-refractivity contribution is 0.102. The number of nitrogens with one attached hydrogen (secondary N) is 1. The second-order valence-corrected chi connectivity index (χ2v) is 8.41. The van der Waals surface area contributed by atoms with Crippen LogP contribution in [0.3, 0.4) is 0 Å². The van der Waals surface area contributed by atoms with Crippen molar-refractivity contribution < 1.29 is 9.53 Å². The monoisotopic (exact) mass is 372 g/mol. The molecule has 6 nitrogen and oxygen atoms in total. The second kappa shape index (κ2) is 7.21. The summed E-state index contributed by atoms with van der Waals surface area (Å²) in [6.07, 6.45) is 2.75. The topological polar surface area (TPSA) is 77.0 Å². The first-order valence-electron chi connectivity index (χ1n) is 7.44. The average molecular weight is 373 g/mol. The minimum atomic E-state index is -0.293. The van der Waals surface area contributed by atoms with Crippen molar-refractivity contribution in [3.63, 3.8) is 0 Å². The zero-order chi connectivity index (χ0) is 16.4. The number of anilines is 1. The molecule has 0 saturated carbocycles. The highest BCUT2D eigenvalue weighted by molar-refractivity contribution is 7.16. The lowest BCUT2D eigenvalue weighted by Gasteiger charge is -2.04. The molecule has 0 aliphatic carbocycles. The Labute approximate surface area is 147 Å². The molecule has 0 bridgehead atoms. The zero-order valence-corrected chi connectivity index (χ0v) is 15.2. The molecule has 1 N–H and O–H groups in total. The molecule has 0 radical (unpaired) electrons. The van der Waals surface area contributed by atoms with Gasteiger partial charge < -0.3 is 4.74 Å². The van der Waals surface area contributed by atoms with Gasteiger partial charge in [0.2, 0.25) is 5.13 Å². The van der Waals surface area contributed by atoms with E-state index in [1.54, 1.807) is 0 Å². The van der Waals surface area contributed by atoms with E-state index >= 15 is 0 Å². The number of thiazole rings is 1. The molecule has 1 aliphatic rings. The fourth-order valence-electron chi connectivity index (χ4n) is 2.35. The summed E-state index contributed by atoms with van der Waals surface area (Å²) in [5.74, 6) is 0.129. The predicted octanol–water partition coefficient (Wildman–Crippen LogP) is 3.95. The summed E-state index contributed by atoms with van der Waals surface area (Å²) in [6.45, 7) is 4.93. The highest BCUT2D eigenvalue weighted by Crippen LogP contribution is 2.32. The maximum absolute atomic E-state index is 12.4. The molecular formula is C14H17ClN4O2S2. The van der Waals surface area contributed by atoms with E-state index in [0.717, 1.165) is 35.8 Å². The first-order valence-corrected chi connectivity index (χ1v) is 9.45. The third-order valence-corrected chi connectivity index (χ3v) is 5.46. The summed E-state index contributed by atoms with van der Waals surface area (Å²) in [6, 6.07) is 0. The van der Waals surface area contributed by atoms with Gasteiger partial charge in [0.25, 0.3) is 5.91 Å². The molecule has 23 heavy (non-hydrogen) atoms. The fourth-order valence-corrected chi connectivity index (χ4v) is 4.53. The molecular weight excluding hydrogens is 356 g/mol. The summed E-state index contributed by atoms with van der Waals surface area (Å²) in [5, 5.41) is 12.2. The summed E-state index contributed by atoms with van der Waals surface area (Å²) in [7, 11) is 0. The normalized spacial score (nSPS) is 17.8. The summed E-state index contributed by atoms with van der Waals surface area (Å²) in [5.41, 5.74) is 0.377. The number of aromatic nitrogens is 3. The van der Waals surface area contributed by atoms with Gasteiger partial charge in [-0.15, -0.1) is 21.5 Å². The van der Waals surface area contributed by atoms with Crippen LogP contribution in [0.2, 0.25) is 4.47 Å². The van der Waals surface area contributed by atoms with Crippen LogP contribution in [0, 0.1) is 5.92 Å². The Bertz CT molecular complexity index is 695. The highest BCUT2D eigenvalue weighted by atomic mass is 35.5. The number of carbonyl (C=O) groups is 1. The lowest BCUT2D eigenvalue weighted by Crippen LogP contribution is -2.14. The van der Waals surface area contributed by atoms with Crippen LogP contribution in [0.5, 0.6) is 0 Å². The lowest BCUT2D eigenvalue weighted by atomic mass is 10.1. The van der Waals surface area contributed by atoms with Crippen LogP contribution in [0.25, 0.3) is 0 Å². The van der Waals surface area contributed by atoms with Crippen LogP contribution in [0.1, 0.15) is 53.2 Å². The first-order chi connectivity index (χ1) is 11.0. The summed E-state index contributed by atoms with van der Waals surface area (Å²) >= 11 is 8.66. The molecule has 0 spiro atoms. The van der Waals surface area contributed by atoms with Gasteiger partial charge in [-0.2, -0.15) is 0 Å². The number of hydrogen-bond donors (Lipinski definition) is 1. The van der Waals surface area contributed by atoms with Gasteiger partial charge in [-0.25, -0.2) is 4.98 Å². The van der Waals surface area contributed by atoms with Gasteiger partial charge in [0.05, 0.1) is 0 Å². The molecule has 1 aliphatic heterocycles. The molecule has 9 heteroatoms. The number of nitrogens with zero attached hydrogens (tertiary/aromatic N) is 3. The second-order valence-electron chi connectivity index (χ2n) is 5.74. The molecule has 1 fully saturated rings. The van der Waals surface area contributed by atoms with Crippen molar-refractivity contribution in [3.05, 3.63) is 20.0 Å². The van der Waals surface area contributed by atoms with Crippen molar-refractivity contribution in [1.82, 2.24) is 15.2 Å². The van der Waals surface area contributed by atoms with Gasteiger partial charge in [0, 0.05) is 11.5 Å². The van der Waals surface area contributed by atoms with E-state index in [4.69, 9.17) is 16.3 Å². The van der Waals surface area contributed by atoms with Crippen LogP contribution >= 0.6 is 34.3 Å². The van der Waals surface area contributed by atoms with Gasteiger partial charge in [-0.3, -0.25) is 10.1 Å². The fraction of sp³-hybridized carbons (Fsp3) is 0.571. The van der Waals surface area contributed by atoms with E-state index in [1.165, 1.54) is 22.7 Å². The van der Waals surface area contributed by atoms with Crippen LogP contribution in [-0.4, -0.2) is 27.7 Å². The van der Waals surface area contributed by atoms with Crippen molar-refractivity contribution >= 4 is 45.3 Å². The van der Waals surface area contributed by atoms with E-state index in [0.29, 0.717) is 21.2 Å². The van der Waals surface area contributed by atoms with Crippen molar-refractivity contribution in [2.75, 3.05) is 11.9 Å². The van der Waals surface area contributed by atoms with Crippen molar-refractivity contribution in [2.24, 2.45) is 5.92 Å². The summed E-state index contributed by atoms with van der Waals surface area (Å²) in [4.78, 5) is 17.5. The largest absolute Gasteiger partial charge is 0.371 e. The zero-order valence-electron chi connectivity index (χ0n) is 12.8. The van der Waals surface area contributed by atoms with E-state index in [2.05, 4.69) is 34.3 Å². The average Bonchev–Trinajstić information content (AvgIpc) is 3.18. The first kappa shape index (κ1) is 16.8. The van der Waals surface area contributed by atoms with E-state index in [1.807, 2.05) is 0 Å². The van der Waals surface area contributed by atoms with E-state index < -0.39 is 0 Å². The standard InChI is InChI=1S/C14H17ClN4O2S2/c1-7(2)6-9-10(16-13(15)22-9)11(20)17-14-19-18-12(23-14)8-4-3-5-21-8/h7-8H,3-6H2,1-2H3,(H,17,19,20)/t8-/m1/s1. The van der Waals surface area contributed by atoms with Crippen LogP contribution in [0.4, 0.5) is 5.13 Å². The Morgan fingerprint density at radius 1 is 1.43 bits per heavy atom. The number of carbonyl (C=O) groups excluding carboxylic acids is 1. The van der Waals surface area contributed by atoms with E-state index in [-0.39, 0.29) is 12.0 Å². The Morgan fingerprint density at radius 2 is 2.26 bits per heavy atom. The van der Waals surface area contributed by atoms with Gasteiger partial charge in [-0.1, -0.05) is 36.8 Å². The van der Waals surface area contributed by atoms with Gasteiger partial charge >= 0.3 is 0 Å². The maximum atomic E-state index is 12.4. The molecule has 1 atom stereocenters. The van der Waals surface area contributed by atoms with Gasteiger partial charge in [0.1, 0.15) is 16.8 Å². The van der Waals surface area contributed by atoms with Crippen LogP contribution < -0.4 is 5.32 Å². The third-order valence-electron chi connectivity index (χ3n) is 3.35. The molecule has 3 rings (SSSR count). The van der Waals surface area contributed by atoms with Gasteiger partial charge in [-0.05, 0) is 25.2 Å². The molecule has 3 heterocycles. The molecule has 0 aromatic carbocycles. The Kier molecular flexibility index (Phi) is 5.25. The Hall–Kier alpha value is -1.09. The number of halogens is 1. The molecule has 1 saturated heterocycles. The predicted molar refractivity (Wildman–Crippen MR) is 91.5 cm³/mol. The molecule has 0 unspecified atom stereocenters. The smallest absolute Gasteiger partial charge is 0.277 e. The number of hydrogen-bond acceptors (Lipinski definition) is 7. The number of ether oxygens (including phenoxy) is 1. The van der Waals surface area contributed by atoms with Crippen LogP contribution in [0.15, 0.2) is 0 Å².